The van der Waals surface area contributed by atoms with E-state index in [1.807, 2.05) is 19.9 Å². The molecule has 0 fully saturated rings. The number of carbonyl (C=O) groups is 1. The first-order valence-corrected chi connectivity index (χ1v) is 5.98. The van der Waals surface area contributed by atoms with Gasteiger partial charge in [-0.25, -0.2) is 0 Å². The van der Waals surface area contributed by atoms with Gasteiger partial charge in [-0.2, -0.15) is 5.26 Å². The van der Waals surface area contributed by atoms with Crippen molar-refractivity contribution < 1.29 is 9.53 Å². The van der Waals surface area contributed by atoms with Crippen molar-refractivity contribution in [2.75, 3.05) is 0 Å². The number of amides is 1. The van der Waals surface area contributed by atoms with E-state index in [0.717, 1.165) is 0 Å². The molecule has 1 N–H and O–H groups in total. The quantitative estimate of drug-likeness (QED) is 0.911. The average Bonchev–Trinajstić information content (AvgIpc) is 2.30. The van der Waals surface area contributed by atoms with Crippen LogP contribution in [0.25, 0.3) is 0 Å². The van der Waals surface area contributed by atoms with Crippen LogP contribution < -0.4 is 10.1 Å². The molecular formula is C13H15ClN2O2. The number of hydrogen-bond acceptors (Lipinski definition) is 3. The largest absolute Gasteiger partial charge is 0.479 e. The van der Waals surface area contributed by atoms with Gasteiger partial charge < -0.3 is 10.1 Å². The molecule has 18 heavy (non-hydrogen) atoms. The fourth-order valence-corrected chi connectivity index (χ4v) is 1.54. The lowest BCUT2D eigenvalue weighted by molar-refractivity contribution is -0.127. The maximum Gasteiger partial charge on any atom is 0.260 e. The summed E-state index contributed by atoms with van der Waals surface area (Å²) in [4.78, 5) is 11.7. The van der Waals surface area contributed by atoms with Crippen molar-refractivity contribution in [3.8, 4) is 11.8 Å². The van der Waals surface area contributed by atoms with E-state index in [2.05, 4.69) is 5.32 Å². The Labute approximate surface area is 112 Å². The first-order chi connectivity index (χ1) is 8.43. The minimum absolute atomic E-state index is 0.0555. The fraction of sp³-hybridized carbons (Fsp3) is 0.385. The van der Waals surface area contributed by atoms with Crippen LogP contribution in [0.5, 0.6) is 5.75 Å². The Morgan fingerprint density at radius 1 is 1.44 bits per heavy atom. The van der Waals surface area contributed by atoms with Crippen LogP contribution in [0.2, 0.25) is 5.02 Å². The van der Waals surface area contributed by atoms with E-state index in [-0.39, 0.29) is 11.9 Å². The lowest BCUT2D eigenvalue weighted by atomic mass is 10.2. The molecule has 0 unspecified atom stereocenters. The Morgan fingerprint density at radius 3 is 2.61 bits per heavy atom. The molecule has 0 bridgehead atoms. The molecule has 1 atom stereocenters. The summed E-state index contributed by atoms with van der Waals surface area (Å²) in [6, 6.07) is 6.71. The zero-order valence-electron chi connectivity index (χ0n) is 10.5. The monoisotopic (exact) mass is 266 g/mol. The highest BCUT2D eigenvalue weighted by Crippen LogP contribution is 2.26. The minimum Gasteiger partial charge on any atom is -0.479 e. The summed E-state index contributed by atoms with van der Waals surface area (Å²) in [5, 5.41) is 11.8. The molecule has 96 valence electrons. The number of nitrogens with zero attached hydrogens (tertiary/aromatic N) is 1. The molecule has 0 heterocycles. The standard InChI is InChI=1S/C13H15ClN2O2/c1-8(2)16-13(17)9(3)18-12-5-4-10(7-15)6-11(12)14/h4-6,8-9H,1-3H3,(H,16,17)/t9-/m1/s1. The third-order valence-electron chi connectivity index (χ3n) is 2.16. The molecule has 0 aliphatic heterocycles. The second kappa shape index (κ2) is 6.27. The van der Waals surface area contributed by atoms with Crippen LogP contribution in [0.15, 0.2) is 18.2 Å². The first-order valence-electron chi connectivity index (χ1n) is 5.60. The van der Waals surface area contributed by atoms with E-state index in [1.165, 1.54) is 6.07 Å². The SMILES string of the molecule is CC(C)NC(=O)[C@@H](C)Oc1ccc(C#N)cc1Cl. The van der Waals surface area contributed by atoms with Gasteiger partial charge in [0, 0.05) is 6.04 Å². The Hall–Kier alpha value is -1.73. The number of rotatable bonds is 4. The molecule has 0 saturated carbocycles. The molecule has 5 heteroatoms. The normalized spacial score (nSPS) is 11.8. The van der Waals surface area contributed by atoms with E-state index in [4.69, 9.17) is 21.6 Å². The highest BCUT2D eigenvalue weighted by atomic mass is 35.5. The molecule has 0 radical (unpaired) electrons. The summed E-state index contributed by atoms with van der Waals surface area (Å²) in [5.41, 5.74) is 0.451. The van der Waals surface area contributed by atoms with Crippen molar-refractivity contribution in [1.82, 2.24) is 5.32 Å². The molecule has 1 rings (SSSR count). The first kappa shape index (κ1) is 14.3. The zero-order valence-corrected chi connectivity index (χ0v) is 11.3. The Morgan fingerprint density at radius 2 is 2.11 bits per heavy atom. The topological polar surface area (TPSA) is 62.1 Å². The predicted octanol–water partition coefficient (Wildman–Crippen LogP) is 2.50. The van der Waals surface area contributed by atoms with E-state index in [0.29, 0.717) is 16.3 Å². The minimum atomic E-state index is -0.641. The van der Waals surface area contributed by atoms with E-state index < -0.39 is 6.10 Å². The molecule has 1 aromatic rings. The molecule has 0 saturated heterocycles. The van der Waals surface area contributed by atoms with Gasteiger partial charge in [-0.05, 0) is 39.0 Å². The average molecular weight is 267 g/mol. The van der Waals surface area contributed by atoms with Crippen molar-refractivity contribution in [3.63, 3.8) is 0 Å². The number of benzene rings is 1. The summed E-state index contributed by atoms with van der Waals surface area (Å²) in [7, 11) is 0. The zero-order chi connectivity index (χ0) is 13.7. The van der Waals surface area contributed by atoms with Crippen LogP contribution >= 0.6 is 11.6 Å². The van der Waals surface area contributed by atoms with Gasteiger partial charge in [-0.3, -0.25) is 4.79 Å². The van der Waals surface area contributed by atoms with Crippen LogP contribution in [0.3, 0.4) is 0 Å². The van der Waals surface area contributed by atoms with Crippen LogP contribution in [0.1, 0.15) is 26.3 Å². The maximum atomic E-state index is 11.7. The second-order valence-electron chi connectivity index (χ2n) is 4.18. The van der Waals surface area contributed by atoms with Crippen LogP contribution in [0.4, 0.5) is 0 Å². The molecule has 0 spiro atoms. The smallest absolute Gasteiger partial charge is 0.260 e. The Kier molecular flexibility index (Phi) is 4.99. The van der Waals surface area contributed by atoms with Gasteiger partial charge in [0.25, 0.3) is 5.91 Å². The van der Waals surface area contributed by atoms with Gasteiger partial charge in [-0.15, -0.1) is 0 Å². The van der Waals surface area contributed by atoms with E-state index >= 15 is 0 Å². The number of halogens is 1. The Balaban J connectivity index is 2.73. The molecule has 1 aromatic carbocycles. The molecule has 4 nitrogen and oxygen atoms in total. The molecule has 0 aliphatic carbocycles. The number of nitrogens with one attached hydrogen (secondary N) is 1. The summed E-state index contributed by atoms with van der Waals surface area (Å²) >= 11 is 5.95. The number of hydrogen-bond donors (Lipinski definition) is 1. The third kappa shape index (κ3) is 3.94. The second-order valence-corrected chi connectivity index (χ2v) is 4.59. The van der Waals surface area contributed by atoms with Gasteiger partial charge in [0.2, 0.25) is 0 Å². The van der Waals surface area contributed by atoms with Gasteiger partial charge >= 0.3 is 0 Å². The number of nitriles is 1. The van der Waals surface area contributed by atoms with Crippen LogP contribution in [0, 0.1) is 11.3 Å². The van der Waals surface area contributed by atoms with E-state index in [1.54, 1.807) is 19.1 Å². The third-order valence-corrected chi connectivity index (χ3v) is 2.46. The maximum absolute atomic E-state index is 11.7. The van der Waals surface area contributed by atoms with E-state index in [9.17, 15) is 4.79 Å². The van der Waals surface area contributed by atoms with Gasteiger partial charge in [0.15, 0.2) is 6.10 Å². The number of carbonyl (C=O) groups excluding carboxylic acids is 1. The predicted molar refractivity (Wildman–Crippen MR) is 69.5 cm³/mol. The highest BCUT2D eigenvalue weighted by Gasteiger charge is 2.16. The van der Waals surface area contributed by atoms with Gasteiger partial charge in [0.1, 0.15) is 5.75 Å². The molecule has 0 aromatic heterocycles. The van der Waals surface area contributed by atoms with Crippen molar-refractivity contribution in [1.29, 1.82) is 5.26 Å². The molecule has 0 aliphatic rings. The van der Waals surface area contributed by atoms with Gasteiger partial charge in [0.05, 0.1) is 16.7 Å². The Bertz CT molecular complexity index is 480. The highest BCUT2D eigenvalue weighted by molar-refractivity contribution is 6.32. The molecular weight excluding hydrogens is 252 g/mol. The van der Waals surface area contributed by atoms with Crippen LogP contribution in [-0.2, 0) is 4.79 Å². The van der Waals surface area contributed by atoms with Crippen LogP contribution in [-0.4, -0.2) is 18.1 Å². The van der Waals surface area contributed by atoms with Crippen molar-refractivity contribution in [3.05, 3.63) is 28.8 Å². The molecule has 1 amide bonds. The fourth-order valence-electron chi connectivity index (χ4n) is 1.31. The van der Waals surface area contributed by atoms with Gasteiger partial charge in [-0.1, -0.05) is 11.6 Å². The lowest BCUT2D eigenvalue weighted by Gasteiger charge is -2.17. The van der Waals surface area contributed by atoms with Crippen molar-refractivity contribution in [2.24, 2.45) is 0 Å². The van der Waals surface area contributed by atoms with Crippen molar-refractivity contribution in [2.45, 2.75) is 32.9 Å². The summed E-state index contributed by atoms with van der Waals surface area (Å²) in [6.45, 7) is 5.39. The lowest BCUT2D eigenvalue weighted by Crippen LogP contribution is -2.40. The summed E-state index contributed by atoms with van der Waals surface area (Å²) < 4.78 is 5.45. The summed E-state index contributed by atoms with van der Waals surface area (Å²) in [5.74, 6) is 0.187. The summed E-state index contributed by atoms with van der Waals surface area (Å²) in [6.07, 6.45) is -0.641. The number of ether oxygens (including phenoxy) is 1. The van der Waals surface area contributed by atoms with Crippen molar-refractivity contribution >= 4 is 17.5 Å².